The Balaban J connectivity index is 1.99. The molecule has 0 amide bonds. The molecule has 0 aliphatic heterocycles. The van der Waals surface area contributed by atoms with Gasteiger partial charge in [-0.25, -0.2) is 4.68 Å². The van der Waals surface area contributed by atoms with Gasteiger partial charge in [0.2, 0.25) is 0 Å². The summed E-state index contributed by atoms with van der Waals surface area (Å²) in [5.74, 6) is 1.43. The van der Waals surface area contributed by atoms with E-state index < -0.39 is 0 Å². The average molecular weight is 283 g/mol. The lowest BCUT2D eigenvalue weighted by molar-refractivity contribution is 0.336. The highest BCUT2D eigenvalue weighted by Crippen LogP contribution is 2.45. The maximum atomic E-state index is 6.23. The molecule has 1 saturated carbocycles. The van der Waals surface area contributed by atoms with Crippen molar-refractivity contribution in [3.8, 4) is 5.69 Å². The van der Waals surface area contributed by atoms with Gasteiger partial charge in [0, 0.05) is 11.5 Å². The summed E-state index contributed by atoms with van der Waals surface area (Å²) in [7, 11) is 0. The molecule has 0 unspecified atom stereocenters. The Morgan fingerprint density at radius 1 is 1.19 bits per heavy atom. The number of aromatic nitrogens is 2. The normalized spacial score (nSPS) is 17.5. The van der Waals surface area contributed by atoms with Crippen LogP contribution in [0.5, 0.6) is 0 Å². The van der Waals surface area contributed by atoms with Crippen LogP contribution < -0.4 is 5.73 Å². The Bertz CT molecular complexity index is 592. The van der Waals surface area contributed by atoms with Gasteiger partial charge in [-0.05, 0) is 37.3 Å². The minimum absolute atomic E-state index is 0.238. The molecule has 0 radical (unpaired) electrons. The van der Waals surface area contributed by atoms with E-state index in [0.717, 1.165) is 11.5 Å². The largest absolute Gasteiger partial charge is 0.384 e. The summed E-state index contributed by atoms with van der Waals surface area (Å²) >= 11 is 0. The molecule has 2 aromatic rings. The Morgan fingerprint density at radius 2 is 1.86 bits per heavy atom. The zero-order chi connectivity index (χ0) is 14.9. The van der Waals surface area contributed by atoms with E-state index in [1.807, 2.05) is 22.9 Å². The van der Waals surface area contributed by atoms with Gasteiger partial charge in [-0.3, -0.25) is 0 Å². The molecule has 0 saturated heterocycles. The van der Waals surface area contributed by atoms with E-state index in [9.17, 15) is 0 Å². The number of anilines is 1. The first-order valence-corrected chi connectivity index (χ1v) is 8.02. The molecule has 21 heavy (non-hydrogen) atoms. The minimum Gasteiger partial charge on any atom is -0.384 e. The van der Waals surface area contributed by atoms with Crippen molar-refractivity contribution in [3.63, 3.8) is 0 Å². The van der Waals surface area contributed by atoms with E-state index in [2.05, 4.69) is 32.0 Å². The van der Waals surface area contributed by atoms with Crippen LogP contribution in [0.25, 0.3) is 5.69 Å². The molecule has 1 fully saturated rings. The van der Waals surface area contributed by atoms with Gasteiger partial charge in [-0.15, -0.1) is 0 Å². The van der Waals surface area contributed by atoms with Crippen LogP contribution in [0.1, 0.15) is 51.6 Å². The monoisotopic (exact) mass is 283 g/mol. The van der Waals surface area contributed by atoms with Gasteiger partial charge in [0.15, 0.2) is 0 Å². The van der Waals surface area contributed by atoms with Crippen LogP contribution in [0.2, 0.25) is 0 Å². The zero-order valence-corrected chi connectivity index (χ0v) is 13.0. The van der Waals surface area contributed by atoms with Crippen LogP contribution in [-0.4, -0.2) is 9.78 Å². The quantitative estimate of drug-likeness (QED) is 0.908. The molecule has 0 atom stereocenters. The van der Waals surface area contributed by atoms with Crippen molar-refractivity contribution in [2.45, 2.75) is 51.4 Å². The van der Waals surface area contributed by atoms with Crippen molar-refractivity contribution in [1.29, 1.82) is 0 Å². The first-order chi connectivity index (χ1) is 10.1. The SMILES string of the molecule is CC(C)CC1(c2cc(N)n(-c3ccccc3)n2)CCCC1. The topological polar surface area (TPSA) is 43.8 Å². The molecule has 1 heterocycles. The predicted octanol–water partition coefficient (Wildman–Crippen LogP) is 4.31. The summed E-state index contributed by atoms with van der Waals surface area (Å²) in [6.45, 7) is 4.61. The Hall–Kier alpha value is -1.77. The molecule has 3 nitrogen and oxygen atoms in total. The van der Waals surface area contributed by atoms with Gasteiger partial charge >= 0.3 is 0 Å². The highest BCUT2D eigenvalue weighted by atomic mass is 15.3. The zero-order valence-electron chi connectivity index (χ0n) is 13.0. The lowest BCUT2D eigenvalue weighted by atomic mass is 9.76. The van der Waals surface area contributed by atoms with Crippen LogP contribution in [0.3, 0.4) is 0 Å². The first kappa shape index (κ1) is 14.2. The molecule has 0 bridgehead atoms. The summed E-state index contributed by atoms with van der Waals surface area (Å²) in [5.41, 5.74) is 8.70. The van der Waals surface area contributed by atoms with Crippen molar-refractivity contribution < 1.29 is 0 Å². The average Bonchev–Trinajstić information content (AvgIpc) is 3.07. The number of hydrogen-bond donors (Lipinski definition) is 1. The summed E-state index contributed by atoms with van der Waals surface area (Å²) in [4.78, 5) is 0. The Morgan fingerprint density at radius 3 is 2.48 bits per heavy atom. The minimum atomic E-state index is 0.238. The third-order valence-corrected chi connectivity index (χ3v) is 4.64. The van der Waals surface area contributed by atoms with E-state index in [1.54, 1.807) is 0 Å². The number of para-hydroxylation sites is 1. The van der Waals surface area contributed by atoms with Gasteiger partial charge < -0.3 is 5.73 Å². The predicted molar refractivity (Wildman–Crippen MR) is 87.6 cm³/mol. The van der Waals surface area contributed by atoms with Gasteiger partial charge in [0.1, 0.15) is 5.82 Å². The lowest BCUT2D eigenvalue weighted by Crippen LogP contribution is -2.25. The van der Waals surface area contributed by atoms with E-state index >= 15 is 0 Å². The van der Waals surface area contributed by atoms with Crippen LogP contribution in [0.15, 0.2) is 36.4 Å². The Labute approximate surface area is 127 Å². The van der Waals surface area contributed by atoms with Crippen molar-refractivity contribution in [3.05, 3.63) is 42.1 Å². The van der Waals surface area contributed by atoms with Crippen molar-refractivity contribution >= 4 is 5.82 Å². The summed E-state index contributed by atoms with van der Waals surface area (Å²) in [5, 5.41) is 4.88. The van der Waals surface area contributed by atoms with Crippen molar-refractivity contribution in [2.75, 3.05) is 5.73 Å². The van der Waals surface area contributed by atoms with Gasteiger partial charge in [-0.2, -0.15) is 5.10 Å². The Kier molecular flexibility index (Phi) is 3.75. The maximum absolute atomic E-state index is 6.23. The van der Waals surface area contributed by atoms with Crippen molar-refractivity contribution in [2.24, 2.45) is 5.92 Å². The molecule has 3 heteroatoms. The first-order valence-electron chi connectivity index (χ1n) is 8.02. The number of nitrogen functional groups attached to an aromatic ring is 1. The van der Waals surface area contributed by atoms with E-state index in [-0.39, 0.29) is 5.41 Å². The smallest absolute Gasteiger partial charge is 0.127 e. The highest BCUT2D eigenvalue weighted by molar-refractivity contribution is 5.44. The van der Waals surface area contributed by atoms with Gasteiger partial charge in [-0.1, -0.05) is 44.9 Å². The van der Waals surface area contributed by atoms with E-state index in [1.165, 1.54) is 37.8 Å². The molecular formula is C18H25N3. The van der Waals surface area contributed by atoms with E-state index in [0.29, 0.717) is 5.92 Å². The van der Waals surface area contributed by atoms with Gasteiger partial charge in [0.05, 0.1) is 11.4 Å². The van der Waals surface area contributed by atoms with Crippen LogP contribution in [-0.2, 0) is 5.41 Å². The number of nitrogens with zero attached hydrogens (tertiary/aromatic N) is 2. The number of rotatable bonds is 4. The molecule has 3 rings (SSSR count). The summed E-state index contributed by atoms with van der Waals surface area (Å²) < 4.78 is 1.88. The maximum Gasteiger partial charge on any atom is 0.127 e. The molecule has 1 aliphatic rings. The standard InChI is InChI=1S/C18H25N3/c1-14(2)13-18(10-6-7-11-18)16-12-17(19)21(20-16)15-8-4-3-5-9-15/h3-5,8-9,12,14H,6-7,10-11,13,19H2,1-2H3. The second kappa shape index (κ2) is 5.55. The molecule has 0 spiro atoms. The second-order valence-corrected chi connectivity index (χ2v) is 6.79. The van der Waals surface area contributed by atoms with E-state index in [4.69, 9.17) is 10.8 Å². The third-order valence-electron chi connectivity index (χ3n) is 4.64. The van der Waals surface area contributed by atoms with Crippen LogP contribution >= 0.6 is 0 Å². The molecule has 1 aliphatic carbocycles. The molecule has 2 N–H and O–H groups in total. The van der Waals surface area contributed by atoms with Gasteiger partial charge in [0.25, 0.3) is 0 Å². The van der Waals surface area contributed by atoms with Crippen LogP contribution in [0.4, 0.5) is 5.82 Å². The number of nitrogens with two attached hydrogens (primary N) is 1. The fraction of sp³-hybridized carbons (Fsp3) is 0.500. The highest BCUT2D eigenvalue weighted by Gasteiger charge is 2.38. The molecular weight excluding hydrogens is 258 g/mol. The molecule has 112 valence electrons. The number of hydrogen-bond acceptors (Lipinski definition) is 2. The molecule has 1 aromatic heterocycles. The summed E-state index contributed by atoms with van der Waals surface area (Å²) in [6, 6.07) is 12.3. The summed E-state index contributed by atoms with van der Waals surface area (Å²) in [6.07, 6.45) is 6.32. The lowest BCUT2D eigenvalue weighted by Gasteiger charge is -2.29. The number of benzene rings is 1. The fourth-order valence-electron chi connectivity index (χ4n) is 3.83. The van der Waals surface area contributed by atoms with Crippen LogP contribution in [0, 0.1) is 5.92 Å². The second-order valence-electron chi connectivity index (χ2n) is 6.79. The van der Waals surface area contributed by atoms with Crippen molar-refractivity contribution in [1.82, 2.24) is 9.78 Å². The third kappa shape index (κ3) is 2.69. The molecule has 1 aromatic carbocycles. The fourth-order valence-corrected chi connectivity index (χ4v) is 3.83.